The molecule has 1 aliphatic rings. The van der Waals surface area contributed by atoms with E-state index in [4.69, 9.17) is 9.72 Å². The molecule has 1 fully saturated rings. The van der Waals surface area contributed by atoms with Crippen LogP contribution in [0.4, 0.5) is 5.13 Å². The molecule has 9 heteroatoms. The van der Waals surface area contributed by atoms with Crippen LogP contribution in [0.1, 0.15) is 23.1 Å². The first-order chi connectivity index (χ1) is 16.2. The normalized spacial score (nSPS) is 15.0. The van der Waals surface area contributed by atoms with E-state index in [9.17, 15) is 13.2 Å². The molecule has 1 saturated heterocycles. The topological polar surface area (TPSA) is 79.8 Å². The van der Waals surface area contributed by atoms with Gasteiger partial charge in [-0.15, -0.1) is 0 Å². The van der Waals surface area contributed by atoms with Crippen LogP contribution in [0.25, 0.3) is 10.2 Å². The fourth-order valence-electron chi connectivity index (χ4n) is 4.15. The zero-order valence-corrected chi connectivity index (χ0v) is 21.5. The number of morpholine rings is 1. The quantitative estimate of drug-likeness (QED) is 0.468. The number of hydrogen-bond donors (Lipinski definition) is 0. The number of aromatic nitrogens is 1. The number of carbonyl (C=O) groups excluding carboxylic acids is 1. The first-order valence-corrected chi connectivity index (χ1v) is 14.0. The number of anilines is 1. The molecule has 2 aromatic carbocycles. The lowest BCUT2D eigenvalue weighted by atomic mass is 10.1. The van der Waals surface area contributed by atoms with Gasteiger partial charge in [-0.2, -0.15) is 0 Å². The van der Waals surface area contributed by atoms with Crippen molar-refractivity contribution in [2.24, 2.45) is 0 Å². The Morgan fingerprint density at radius 1 is 1.09 bits per heavy atom. The molecule has 1 amide bonds. The maximum atomic E-state index is 13.4. The van der Waals surface area contributed by atoms with Crippen LogP contribution >= 0.6 is 11.3 Å². The number of hydrogen-bond acceptors (Lipinski definition) is 7. The van der Waals surface area contributed by atoms with E-state index in [-0.39, 0.29) is 4.90 Å². The van der Waals surface area contributed by atoms with Crippen LogP contribution in [0.3, 0.4) is 0 Å². The summed E-state index contributed by atoms with van der Waals surface area (Å²) in [4.78, 5) is 22.2. The lowest BCUT2D eigenvalue weighted by molar-refractivity contribution is -0.116. The summed E-state index contributed by atoms with van der Waals surface area (Å²) in [6, 6.07) is 10.7. The zero-order valence-electron chi connectivity index (χ0n) is 19.9. The van der Waals surface area contributed by atoms with Gasteiger partial charge in [0.2, 0.25) is 5.91 Å². The van der Waals surface area contributed by atoms with E-state index in [1.165, 1.54) is 11.3 Å². The van der Waals surface area contributed by atoms with Gasteiger partial charge < -0.3 is 4.74 Å². The monoisotopic (exact) mass is 501 g/mol. The molecule has 0 bridgehead atoms. The minimum absolute atomic E-state index is 0.162. The van der Waals surface area contributed by atoms with Crippen molar-refractivity contribution in [3.8, 4) is 0 Å². The predicted molar refractivity (Wildman–Crippen MR) is 137 cm³/mol. The Bertz CT molecular complexity index is 1260. The SMILES string of the molecule is Cc1ccc(S(=O)(=O)CC(=O)N(CCCN2CCOCC2)c2nc3c(C)cc(C)cc3s2)cc1. The van der Waals surface area contributed by atoms with Gasteiger partial charge in [-0.05, 0) is 56.5 Å². The average Bonchev–Trinajstić information content (AvgIpc) is 3.21. The summed E-state index contributed by atoms with van der Waals surface area (Å²) in [5.41, 5.74) is 4.01. The lowest BCUT2D eigenvalue weighted by Crippen LogP contribution is -2.40. The molecule has 3 aromatic rings. The third-order valence-electron chi connectivity index (χ3n) is 6.00. The number of amides is 1. The second-order valence-corrected chi connectivity index (χ2v) is 11.8. The highest BCUT2D eigenvalue weighted by atomic mass is 32.2. The molecular formula is C25H31N3O4S2. The fraction of sp³-hybridized carbons (Fsp3) is 0.440. The number of rotatable bonds is 8. The van der Waals surface area contributed by atoms with Crippen molar-refractivity contribution in [3.63, 3.8) is 0 Å². The fourth-order valence-corrected chi connectivity index (χ4v) is 6.53. The molecule has 7 nitrogen and oxygen atoms in total. The predicted octanol–water partition coefficient (Wildman–Crippen LogP) is 3.75. The summed E-state index contributed by atoms with van der Waals surface area (Å²) in [5.74, 6) is -1.03. The van der Waals surface area contributed by atoms with E-state index in [1.807, 2.05) is 20.8 Å². The van der Waals surface area contributed by atoms with Gasteiger partial charge in [0, 0.05) is 26.2 Å². The molecule has 0 spiro atoms. The van der Waals surface area contributed by atoms with Gasteiger partial charge in [-0.25, -0.2) is 13.4 Å². The molecule has 182 valence electrons. The smallest absolute Gasteiger partial charge is 0.244 e. The van der Waals surface area contributed by atoms with E-state index in [0.717, 1.165) is 53.0 Å². The number of fused-ring (bicyclic) bond motifs is 1. The van der Waals surface area contributed by atoms with Crippen LogP contribution in [0.5, 0.6) is 0 Å². The van der Waals surface area contributed by atoms with E-state index in [1.54, 1.807) is 29.2 Å². The molecule has 2 heterocycles. The first kappa shape index (κ1) is 24.8. The minimum atomic E-state index is -3.76. The van der Waals surface area contributed by atoms with Gasteiger partial charge >= 0.3 is 0 Å². The van der Waals surface area contributed by atoms with Crippen molar-refractivity contribution in [1.82, 2.24) is 9.88 Å². The van der Waals surface area contributed by atoms with Crippen molar-refractivity contribution < 1.29 is 17.9 Å². The molecule has 0 saturated carbocycles. The molecule has 1 aliphatic heterocycles. The van der Waals surface area contributed by atoms with E-state index in [2.05, 4.69) is 17.0 Å². The molecule has 0 N–H and O–H groups in total. The van der Waals surface area contributed by atoms with E-state index in [0.29, 0.717) is 24.9 Å². The third kappa shape index (κ3) is 5.83. The Hall–Kier alpha value is -2.33. The van der Waals surface area contributed by atoms with Crippen LogP contribution in [0.2, 0.25) is 0 Å². The van der Waals surface area contributed by atoms with Gasteiger partial charge in [-0.3, -0.25) is 14.6 Å². The van der Waals surface area contributed by atoms with E-state index < -0.39 is 21.5 Å². The Kier molecular flexibility index (Phi) is 7.67. The molecule has 0 radical (unpaired) electrons. The Labute approximate surface area is 205 Å². The Balaban J connectivity index is 1.58. The summed E-state index contributed by atoms with van der Waals surface area (Å²) in [6.45, 7) is 10.3. The zero-order chi connectivity index (χ0) is 24.3. The maximum absolute atomic E-state index is 13.4. The van der Waals surface area contributed by atoms with Gasteiger partial charge in [-0.1, -0.05) is 35.1 Å². The van der Waals surface area contributed by atoms with Crippen LogP contribution in [0, 0.1) is 20.8 Å². The van der Waals surface area contributed by atoms with Crippen molar-refractivity contribution in [1.29, 1.82) is 0 Å². The van der Waals surface area contributed by atoms with Crippen LogP contribution < -0.4 is 4.90 Å². The van der Waals surface area contributed by atoms with Crippen molar-refractivity contribution >= 4 is 42.4 Å². The summed E-state index contributed by atoms with van der Waals surface area (Å²) in [7, 11) is -3.76. The van der Waals surface area contributed by atoms with Gasteiger partial charge in [0.25, 0.3) is 0 Å². The largest absolute Gasteiger partial charge is 0.379 e. The second kappa shape index (κ2) is 10.5. The second-order valence-electron chi connectivity index (χ2n) is 8.85. The molecule has 0 atom stereocenters. The number of thiazole rings is 1. The highest BCUT2D eigenvalue weighted by Gasteiger charge is 2.27. The lowest BCUT2D eigenvalue weighted by Gasteiger charge is -2.27. The standard InChI is InChI=1S/C25H31N3O4S2/c1-18-5-7-21(8-6-18)34(30,31)17-23(29)28(10-4-9-27-11-13-32-14-12-27)25-26-24-20(3)15-19(2)16-22(24)33-25/h5-8,15-16H,4,9-14,17H2,1-3H3. The first-order valence-electron chi connectivity index (χ1n) is 11.5. The Morgan fingerprint density at radius 3 is 2.50 bits per heavy atom. The highest BCUT2D eigenvalue weighted by molar-refractivity contribution is 7.92. The summed E-state index contributed by atoms with van der Waals surface area (Å²) >= 11 is 1.44. The molecule has 1 aromatic heterocycles. The molecule has 34 heavy (non-hydrogen) atoms. The van der Waals surface area contributed by atoms with Gasteiger partial charge in [0.05, 0.1) is 28.3 Å². The van der Waals surface area contributed by atoms with Crippen molar-refractivity contribution in [3.05, 3.63) is 53.1 Å². The van der Waals surface area contributed by atoms with Gasteiger partial charge in [0.1, 0.15) is 5.75 Å². The Morgan fingerprint density at radius 2 is 1.79 bits per heavy atom. The number of aryl methyl sites for hydroxylation is 3. The van der Waals surface area contributed by atoms with Gasteiger partial charge in [0.15, 0.2) is 15.0 Å². The minimum Gasteiger partial charge on any atom is -0.379 e. The third-order valence-corrected chi connectivity index (χ3v) is 8.65. The molecule has 0 aliphatic carbocycles. The summed E-state index contributed by atoms with van der Waals surface area (Å²) in [5, 5.41) is 0.551. The number of nitrogens with zero attached hydrogens (tertiary/aromatic N) is 3. The summed E-state index contributed by atoms with van der Waals surface area (Å²) in [6.07, 6.45) is 0.726. The number of carbonyl (C=O) groups is 1. The van der Waals surface area contributed by atoms with Crippen LogP contribution in [-0.4, -0.2) is 69.4 Å². The molecular weight excluding hydrogens is 470 g/mol. The molecule has 4 rings (SSSR count). The summed E-state index contributed by atoms with van der Waals surface area (Å²) < 4.78 is 32.4. The van der Waals surface area contributed by atoms with Crippen molar-refractivity contribution in [2.45, 2.75) is 32.1 Å². The van der Waals surface area contributed by atoms with Crippen LogP contribution in [0.15, 0.2) is 41.3 Å². The maximum Gasteiger partial charge on any atom is 0.244 e. The number of sulfone groups is 1. The molecule has 0 unspecified atom stereocenters. The van der Waals surface area contributed by atoms with E-state index >= 15 is 0 Å². The van der Waals surface area contributed by atoms with Crippen molar-refractivity contribution in [2.75, 3.05) is 50.0 Å². The van der Waals surface area contributed by atoms with Crippen LogP contribution in [-0.2, 0) is 19.4 Å². The number of ether oxygens (including phenoxy) is 1. The average molecular weight is 502 g/mol. The number of benzene rings is 2. The highest BCUT2D eigenvalue weighted by Crippen LogP contribution is 2.32.